The summed E-state index contributed by atoms with van der Waals surface area (Å²) in [6.07, 6.45) is 2.68. The fourth-order valence-electron chi connectivity index (χ4n) is 2.60. The lowest BCUT2D eigenvalue weighted by molar-refractivity contribution is 0.224. The molecule has 3 aromatic rings. The van der Waals surface area contributed by atoms with Gasteiger partial charge in [-0.15, -0.1) is 10.2 Å². The fraction of sp³-hybridized carbons (Fsp3) is 0.316. The van der Waals surface area contributed by atoms with Crippen LogP contribution in [0.1, 0.15) is 12.7 Å². The van der Waals surface area contributed by atoms with Crippen LogP contribution in [0.4, 0.5) is 0 Å². The second-order valence-electron chi connectivity index (χ2n) is 6.06. The van der Waals surface area contributed by atoms with Crippen molar-refractivity contribution in [3.63, 3.8) is 0 Å². The molecular weight excluding hydrogens is 364 g/mol. The molecule has 142 valence electrons. The predicted molar refractivity (Wildman–Crippen MR) is 108 cm³/mol. The van der Waals surface area contributed by atoms with Crippen LogP contribution in [0.3, 0.4) is 0 Å². The lowest BCUT2D eigenvalue weighted by Gasteiger charge is -2.17. The monoisotopic (exact) mass is 386 g/mol. The largest absolute Gasteiger partial charge is 0.489 e. The molecule has 2 aromatic heterocycles. The zero-order valence-corrected chi connectivity index (χ0v) is 16.1. The van der Waals surface area contributed by atoms with E-state index in [4.69, 9.17) is 16.3 Å². The van der Waals surface area contributed by atoms with Crippen molar-refractivity contribution in [3.8, 4) is 5.75 Å². The topological polar surface area (TPSA) is 75.8 Å². The molecule has 1 atom stereocenters. The molecule has 0 aliphatic carbocycles. The maximum Gasteiger partial charge on any atom is 0.191 e. The van der Waals surface area contributed by atoms with Crippen LogP contribution in [0.25, 0.3) is 5.65 Å². The molecule has 0 aliphatic rings. The Bertz CT molecular complexity index is 893. The van der Waals surface area contributed by atoms with Crippen LogP contribution in [0.15, 0.2) is 53.7 Å². The number of guanidine groups is 1. The number of aromatic nitrogens is 3. The van der Waals surface area contributed by atoms with Crippen molar-refractivity contribution in [2.24, 2.45) is 4.99 Å². The van der Waals surface area contributed by atoms with E-state index in [1.165, 1.54) is 0 Å². The number of hydrogen-bond acceptors (Lipinski definition) is 4. The lowest BCUT2D eigenvalue weighted by Crippen LogP contribution is -2.42. The zero-order chi connectivity index (χ0) is 19.1. The Kier molecular flexibility index (Phi) is 6.49. The third kappa shape index (κ3) is 5.34. The van der Waals surface area contributed by atoms with Gasteiger partial charge >= 0.3 is 0 Å². The number of pyridine rings is 1. The molecule has 0 radical (unpaired) electrons. The summed E-state index contributed by atoms with van der Waals surface area (Å²) >= 11 is 5.89. The Morgan fingerprint density at radius 3 is 2.78 bits per heavy atom. The zero-order valence-electron chi connectivity index (χ0n) is 15.4. The first-order valence-electron chi connectivity index (χ1n) is 8.81. The third-order valence-electron chi connectivity index (χ3n) is 3.96. The van der Waals surface area contributed by atoms with E-state index >= 15 is 0 Å². The number of hydrogen-bond donors (Lipinski definition) is 2. The van der Waals surface area contributed by atoms with Crippen LogP contribution < -0.4 is 15.4 Å². The van der Waals surface area contributed by atoms with Gasteiger partial charge in [-0.2, -0.15) is 0 Å². The molecular formula is C19H23ClN6O. The summed E-state index contributed by atoms with van der Waals surface area (Å²) in [6, 6.07) is 13.2. The first kappa shape index (κ1) is 19.0. The molecule has 27 heavy (non-hydrogen) atoms. The number of halogens is 1. The van der Waals surface area contributed by atoms with Crippen LogP contribution >= 0.6 is 11.6 Å². The van der Waals surface area contributed by atoms with Crippen LogP contribution in [-0.4, -0.2) is 46.8 Å². The van der Waals surface area contributed by atoms with Crippen LogP contribution in [0, 0.1) is 0 Å². The molecule has 0 fully saturated rings. The van der Waals surface area contributed by atoms with E-state index in [0.29, 0.717) is 18.1 Å². The molecule has 7 nitrogen and oxygen atoms in total. The first-order valence-corrected chi connectivity index (χ1v) is 9.19. The summed E-state index contributed by atoms with van der Waals surface area (Å²) in [5.41, 5.74) is 0.850. The molecule has 8 heteroatoms. The Balaban J connectivity index is 1.43. The summed E-state index contributed by atoms with van der Waals surface area (Å²) in [5.74, 6) is 2.42. The number of fused-ring (bicyclic) bond motifs is 1. The van der Waals surface area contributed by atoms with Gasteiger partial charge in [-0.25, -0.2) is 0 Å². The molecule has 0 aliphatic heterocycles. The number of aliphatic imine (C=N–C) groups is 1. The maximum absolute atomic E-state index is 5.89. The molecule has 0 saturated carbocycles. The van der Waals surface area contributed by atoms with E-state index in [9.17, 15) is 0 Å². The molecule has 0 spiro atoms. The molecule has 2 heterocycles. The van der Waals surface area contributed by atoms with E-state index in [2.05, 4.69) is 25.8 Å². The van der Waals surface area contributed by atoms with Crippen LogP contribution in [0.2, 0.25) is 5.02 Å². The van der Waals surface area contributed by atoms with Crippen molar-refractivity contribution in [2.75, 3.05) is 20.1 Å². The summed E-state index contributed by atoms with van der Waals surface area (Å²) in [7, 11) is 1.74. The van der Waals surface area contributed by atoms with Gasteiger partial charge in [-0.1, -0.05) is 17.7 Å². The molecule has 0 amide bonds. The molecule has 0 bridgehead atoms. The lowest BCUT2D eigenvalue weighted by atomic mass is 10.3. The van der Waals surface area contributed by atoms with Gasteiger partial charge in [0.1, 0.15) is 17.7 Å². The van der Waals surface area contributed by atoms with Gasteiger partial charge in [0.2, 0.25) is 0 Å². The molecule has 2 N–H and O–H groups in total. The molecule has 3 rings (SSSR count). The van der Waals surface area contributed by atoms with Crippen LogP contribution in [-0.2, 0) is 6.42 Å². The molecule has 1 unspecified atom stereocenters. The quantitative estimate of drug-likeness (QED) is 0.482. The Hall–Kier alpha value is -2.80. The highest BCUT2D eigenvalue weighted by Gasteiger charge is 2.07. The van der Waals surface area contributed by atoms with E-state index in [0.717, 1.165) is 29.6 Å². The number of benzene rings is 1. The second kappa shape index (κ2) is 9.23. The van der Waals surface area contributed by atoms with Crippen molar-refractivity contribution < 1.29 is 4.74 Å². The van der Waals surface area contributed by atoms with E-state index < -0.39 is 0 Å². The maximum atomic E-state index is 5.89. The highest BCUT2D eigenvalue weighted by molar-refractivity contribution is 6.30. The van der Waals surface area contributed by atoms with Crippen molar-refractivity contribution in [1.82, 2.24) is 25.2 Å². The van der Waals surface area contributed by atoms with Crippen molar-refractivity contribution in [3.05, 3.63) is 59.5 Å². The minimum Gasteiger partial charge on any atom is -0.489 e. The van der Waals surface area contributed by atoms with Gasteiger partial charge < -0.3 is 15.4 Å². The molecule has 1 aromatic carbocycles. The smallest absolute Gasteiger partial charge is 0.191 e. The summed E-state index contributed by atoms with van der Waals surface area (Å²) in [4.78, 5) is 4.24. The second-order valence-corrected chi connectivity index (χ2v) is 6.49. The minimum absolute atomic E-state index is 0.0230. The van der Waals surface area contributed by atoms with Gasteiger partial charge in [-0.05, 0) is 43.3 Å². The minimum atomic E-state index is -0.0230. The number of ether oxygens (including phenoxy) is 1. The van der Waals surface area contributed by atoms with Crippen LogP contribution in [0.5, 0.6) is 5.75 Å². The highest BCUT2D eigenvalue weighted by atomic mass is 35.5. The van der Waals surface area contributed by atoms with Crippen molar-refractivity contribution in [2.45, 2.75) is 19.4 Å². The number of nitrogens with one attached hydrogen (secondary N) is 2. The first-order chi connectivity index (χ1) is 13.2. The Labute approximate surface area is 163 Å². The molecule has 0 saturated heterocycles. The van der Waals surface area contributed by atoms with E-state index in [1.807, 2.05) is 60.0 Å². The normalized spacial score (nSPS) is 12.8. The summed E-state index contributed by atoms with van der Waals surface area (Å²) < 4.78 is 7.84. The van der Waals surface area contributed by atoms with E-state index in [1.54, 1.807) is 7.05 Å². The standard InChI is InChI=1S/C19H23ClN6O/c1-14(27-16-8-6-15(20)7-9-16)13-23-19(21-2)22-11-10-18-25-24-17-5-3-4-12-26(17)18/h3-9,12,14H,10-11,13H2,1-2H3,(H2,21,22,23). The van der Waals surface area contributed by atoms with Gasteiger partial charge in [0.05, 0.1) is 6.54 Å². The summed E-state index contributed by atoms with van der Waals surface area (Å²) in [5, 5.41) is 15.6. The van der Waals surface area contributed by atoms with Gasteiger partial charge in [0.25, 0.3) is 0 Å². The van der Waals surface area contributed by atoms with Gasteiger partial charge in [-0.3, -0.25) is 9.39 Å². The van der Waals surface area contributed by atoms with Crippen molar-refractivity contribution >= 4 is 23.2 Å². The average Bonchev–Trinajstić information content (AvgIpc) is 3.09. The Morgan fingerprint density at radius 1 is 1.19 bits per heavy atom. The average molecular weight is 387 g/mol. The Morgan fingerprint density at radius 2 is 2.00 bits per heavy atom. The fourth-order valence-corrected chi connectivity index (χ4v) is 2.73. The van der Waals surface area contributed by atoms with Crippen molar-refractivity contribution in [1.29, 1.82) is 0 Å². The highest BCUT2D eigenvalue weighted by Crippen LogP contribution is 2.16. The summed E-state index contributed by atoms with van der Waals surface area (Å²) in [6.45, 7) is 3.31. The third-order valence-corrected chi connectivity index (χ3v) is 4.21. The SMILES string of the molecule is CN=C(NCCc1nnc2ccccn12)NCC(C)Oc1ccc(Cl)cc1. The number of rotatable bonds is 7. The van der Waals surface area contributed by atoms with Gasteiger partial charge in [0.15, 0.2) is 11.6 Å². The predicted octanol–water partition coefficient (Wildman–Crippen LogP) is 2.56. The van der Waals surface area contributed by atoms with Gasteiger partial charge in [0, 0.05) is 31.2 Å². The number of nitrogens with zero attached hydrogens (tertiary/aromatic N) is 4. The van der Waals surface area contributed by atoms with E-state index in [-0.39, 0.29) is 6.10 Å².